The van der Waals surface area contributed by atoms with Gasteiger partial charge in [0.15, 0.2) is 5.82 Å². The van der Waals surface area contributed by atoms with Crippen LogP contribution < -0.4 is 0 Å². The molecule has 5 aromatic rings. The van der Waals surface area contributed by atoms with E-state index in [-0.39, 0.29) is 0 Å². The number of hydrogen-bond acceptors (Lipinski definition) is 4. The Morgan fingerprint density at radius 1 is 0.758 bits per heavy atom. The molecule has 0 amide bonds. The Kier molecular flexibility index (Phi) is 5.75. The number of rotatable bonds is 6. The van der Waals surface area contributed by atoms with Crippen LogP contribution in [0.15, 0.2) is 116 Å². The van der Waals surface area contributed by atoms with Crippen molar-refractivity contribution in [2.75, 3.05) is 0 Å². The summed E-state index contributed by atoms with van der Waals surface area (Å²) in [5.41, 5.74) is 6.62. The Labute approximate surface area is 197 Å². The van der Waals surface area contributed by atoms with Crippen molar-refractivity contribution in [3.8, 4) is 33.9 Å². The van der Waals surface area contributed by atoms with Crippen molar-refractivity contribution < 1.29 is 0 Å². The van der Waals surface area contributed by atoms with E-state index in [4.69, 9.17) is 15.0 Å². The molecule has 33 heavy (non-hydrogen) atoms. The molecule has 0 aliphatic rings. The quantitative estimate of drug-likeness (QED) is 0.251. The third-order valence-corrected chi connectivity index (χ3v) is 6.41. The predicted molar refractivity (Wildman–Crippen MR) is 140 cm³/mol. The van der Waals surface area contributed by atoms with Crippen LogP contribution in [-0.4, -0.2) is 15.0 Å². The van der Waals surface area contributed by atoms with Gasteiger partial charge in [0, 0.05) is 22.3 Å². The lowest BCUT2D eigenvalue weighted by Crippen LogP contribution is -1.96. The number of benzene rings is 3. The normalized spacial score (nSPS) is 11.2. The van der Waals surface area contributed by atoms with Gasteiger partial charge in [0.25, 0.3) is 0 Å². The monoisotopic (exact) mass is 443 g/mol. The summed E-state index contributed by atoms with van der Waals surface area (Å²) in [5, 5.41) is 0.873. The molecule has 158 valence electrons. The molecule has 2 aromatic heterocycles. The van der Waals surface area contributed by atoms with Gasteiger partial charge in [-0.05, 0) is 18.2 Å². The number of hydrogen-bond donors (Lipinski definition) is 0. The van der Waals surface area contributed by atoms with Crippen molar-refractivity contribution in [1.29, 1.82) is 0 Å². The molecule has 0 saturated heterocycles. The van der Waals surface area contributed by atoms with Gasteiger partial charge in [0.05, 0.1) is 21.6 Å². The topological polar surface area (TPSA) is 38.7 Å². The van der Waals surface area contributed by atoms with Crippen LogP contribution >= 0.6 is 11.3 Å². The van der Waals surface area contributed by atoms with Crippen LogP contribution in [0.3, 0.4) is 0 Å². The third-order valence-electron chi connectivity index (χ3n) is 5.23. The van der Waals surface area contributed by atoms with Crippen molar-refractivity contribution in [1.82, 2.24) is 15.0 Å². The molecule has 4 heteroatoms. The second-order valence-electron chi connectivity index (χ2n) is 7.49. The molecule has 5 rings (SSSR count). The predicted octanol–water partition coefficient (Wildman–Crippen LogP) is 7.84. The average molecular weight is 444 g/mol. The number of fused-ring (bicyclic) bond motifs is 1. The molecule has 0 aliphatic heterocycles. The first-order chi connectivity index (χ1) is 16.2. The van der Waals surface area contributed by atoms with Crippen LogP contribution in [0.4, 0.5) is 0 Å². The summed E-state index contributed by atoms with van der Waals surface area (Å²) in [6.07, 6.45) is 5.52. The van der Waals surface area contributed by atoms with Crippen LogP contribution in [-0.2, 0) is 0 Å². The fourth-order valence-electron chi connectivity index (χ4n) is 3.60. The first-order valence-corrected chi connectivity index (χ1v) is 11.4. The van der Waals surface area contributed by atoms with E-state index < -0.39 is 0 Å². The fourth-order valence-corrected chi connectivity index (χ4v) is 4.62. The molecular formula is C29H21N3S. The van der Waals surface area contributed by atoms with Gasteiger partial charge >= 0.3 is 0 Å². The van der Waals surface area contributed by atoms with Gasteiger partial charge < -0.3 is 0 Å². The highest BCUT2D eigenvalue weighted by Gasteiger charge is 2.15. The second-order valence-corrected chi connectivity index (χ2v) is 8.49. The van der Waals surface area contributed by atoms with Gasteiger partial charge in [0.2, 0.25) is 0 Å². The molecule has 0 N–H and O–H groups in total. The summed E-state index contributed by atoms with van der Waals surface area (Å²) < 4.78 is 1.05. The Hall–Kier alpha value is -4.15. The summed E-state index contributed by atoms with van der Waals surface area (Å²) in [5.74, 6) is 0.684. The molecular weight excluding hydrogens is 422 g/mol. The van der Waals surface area contributed by atoms with Crippen molar-refractivity contribution in [2.24, 2.45) is 0 Å². The molecule has 3 aromatic carbocycles. The summed E-state index contributed by atoms with van der Waals surface area (Å²) in [6, 6.07) is 28.5. The van der Waals surface area contributed by atoms with E-state index in [0.717, 1.165) is 48.9 Å². The lowest BCUT2D eigenvalue weighted by atomic mass is 10.1. The molecule has 0 radical (unpaired) electrons. The highest BCUT2D eigenvalue weighted by Crippen LogP contribution is 2.35. The second kappa shape index (κ2) is 9.15. The first-order valence-electron chi connectivity index (χ1n) is 10.6. The maximum absolute atomic E-state index is 4.97. The van der Waals surface area contributed by atoms with Gasteiger partial charge in [0.1, 0.15) is 5.01 Å². The zero-order valence-electron chi connectivity index (χ0n) is 18.0. The van der Waals surface area contributed by atoms with Gasteiger partial charge in [-0.15, -0.1) is 11.3 Å². The average Bonchev–Trinajstić information content (AvgIpc) is 3.33. The maximum Gasteiger partial charge on any atom is 0.161 e. The van der Waals surface area contributed by atoms with Gasteiger partial charge in [-0.2, -0.15) is 0 Å². The molecule has 3 nitrogen and oxygen atoms in total. The summed E-state index contributed by atoms with van der Waals surface area (Å²) in [7, 11) is 0. The van der Waals surface area contributed by atoms with Crippen LogP contribution in [0, 0.1) is 0 Å². The number of allylic oxidation sites excluding steroid dienone is 4. The van der Waals surface area contributed by atoms with E-state index >= 15 is 0 Å². The Balaban J connectivity index is 1.70. The highest BCUT2D eigenvalue weighted by atomic mass is 32.1. The van der Waals surface area contributed by atoms with E-state index in [9.17, 15) is 0 Å². The lowest BCUT2D eigenvalue weighted by Gasteiger charge is -2.09. The van der Waals surface area contributed by atoms with Gasteiger partial charge in [-0.3, -0.25) is 0 Å². The maximum atomic E-state index is 4.97. The van der Waals surface area contributed by atoms with E-state index in [1.165, 1.54) is 0 Å². The van der Waals surface area contributed by atoms with Crippen LogP contribution in [0.2, 0.25) is 0 Å². The third kappa shape index (κ3) is 4.29. The number of thiazole rings is 1. The van der Waals surface area contributed by atoms with Crippen LogP contribution in [0.1, 0.15) is 5.01 Å². The molecule has 0 spiro atoms. The van der Waals surface area contributed by atoms with E-state index in [1.807, 2.05) is 66.7 Å². The Morgan fingerprint density at radius 3 is 2.00 bits per heavy atom. The minimum atomic E-state index is 0.684. The minimum Gasteiger partial charge on any atom is -0.236 e. The molecule has 0 fully saturated rings. The SMILES string of the molecule is C=C/C=C\C(=C)c1nc2cccc(-c3nc(-c4ccccc4)cc(-c4ccccc4)n3)c2s1. The zero-order chi connectivity index (χ0) is 22.6. The van der Waals surface area contributed by atoms with Crippen molar-refractivity contribution in [3.63, 3.8) is 0 Å². The number of nitrogens with zero attached hydrogens (tertiary/aromatic N) is 3. The van der Waals surface area contributed by atoms with E-state index in [0.29, 0.717) is 5.82 Å². The zero-order valence-corrected chi connectivity index (χ0v) is 18.8. The molecule has 0 atom stereocenters. The molecule has 0 aliphatic carbocycles. The minimum absolute atomic E-state index is 0.684. The highest BCUT2D eigenvalue weighted by molar-refractivity contribution is 7.20. The van der Waals surface area contributed by atoms with E-state index in [1.54, 1.807) is 17.4 Å². The molecule has 2 heterocycles. The summed E-state index contributed by atoms with van der Waals surface area (Å²) in [6.45, 7) is 7.88. The van der Waals surface area contributed by atoms with Crippen LogP contribution in [0.25, 0.3) is 49.7 Å². The van der Waals surface area contributed by atoms with Crippen molar-refractivity contribution in [2.45, 2.75) is 0 Å². The molecule has 0 saturated carbocycles. The number of aromatic nitrogens is 3. The summed E-state index contributed by atoms with van der Waals surface area (Å²) in [4.78, 5) is 14.7. The van der Waals surface area contributed by atoms with Crippen molar-refractivity contribution >= 4 is 27.1 Å². The smallest absolute Gasteiger partial charge is 0.161 e. The first kappa shape index (κ1) is 20.7. The Bertz CT molecular complexity index is 1420. The fraction of sp³-hybridized carbons (Fsp3) is 0. The van der Waals surface area contributed by atoms with E-state index in [2.05, 4.69) is 43.5 Å². The van der Waals surface area contributed by atoms with Crippen molar-refractivity contribution in [3.05, 3.63) is 121 Å². The molecule has 0 bridgehead atoms. The van der Waals surface area contributed by atoms with Crippen LogP contribution in [0.5, 0.6) is 0 Å². The Morgan fingerprint density at radius 2 is 1.39 bits per heavy atom. The van der Waals surface area contributed by atoms with Gasteiger partial charge in [-0.25, -0.2) is 15.0 Å². The largest absolute Gasteiger partial charge is 0.236 e. The molecule has 0 unspecified atom stereocenters. The van der Waals surface area contributed by atoms with Gasteiger partial charge in [-0.1, -0.05) is 98.1 Å². The summed E-state index contributed by atoms with van der Waals surface area (Å²) >= 11 is 1.60. The lowest BCUT2D eigenvalue weighted by molar-refractivity contribution is 1.19. The standard InChI is InChI=1S/C29H21N3S/c1-3-4-12-20(2)29-32-24-18-11-17-23(27(24)33-29)28-30-25(21-13-7-5-8-14-21)19-26(31-28)22-15-9-6-10-16-22/h3-19H,1-2H2/b12-4-.